The van der Waals surface area contributed by atoms with Crippen molar-refractivity contribution in [3.63, 3.8) is 0 Å². The lowest BCUT2D eigenvalue weighted by Crippen LogP contribution is -2.42. The first-order chi connectivity index (χ1) is 9.79. The van der Waals surface area contributed by atoms with Crippen LogP contribution in [0.3, 0.4) is 0 Å². The molecular formula is C14H19NO6. The predicted molar refractivity (Wildman–Crippen MR) is 74.8 cm³/mol. The zero-order valence-electron chi connectivity index (χ0n) is 12.2. The maximum Gasteiger partial charge on any atom is 0.306 e. The summed E-state index contributed by atoms with van der Waals surface area (Å²) in [5, 5.41) is 21.0. The summed E-state index contributed by atoms with van der Waals surface area (Å²) in [6.45, 7) is 1.15. The number of hydrogen-bond acceptors (Lipinski definition) is 5. The molecule has 0 saturated heterocycles. The zero-order valence-corrected chi connectivity index (χ0v) is 12.2. The van der Waals surface area contributed by atoms with Gasteiger partial charge in [-0.25, -0.2) is 0 Å². The lowest BCUT2D eigenvalue weighted by Gasteiger charge is -2.21. The summed E-state index contributed by atoms with van der Waals surface area (Å²) in [6.07, 6.45) is -0.465. The third-order valence-electron chi connectivity index (χ3n) is 2.82. The summed E-state index contributed by atoms with van der Waals surface area (Å²) in [6, 6.07) is 4.69. The molecule has 0 heterocycles. The number of amides is 1. The van der Waals surface area contributed by atoms with Crippen molar-refractivity contribution >= 4 is 11.9 Å². The molecule has 21 heavy (non-hydrogen) atoms. The highest BCUT2D eigenvalue weighted by Crippen LogP contribution is 2.24. The Balaban J connectivity index is 2.78. The summed E-state index contributed by atoms with van der Waals surface area (Å²) in [7, 11) is 2.92. The van der Waals surface area contributed by atoms with Gasteiger partial charge in [-0.1, -0.05) is 0 Å². The number of ether oxygens (including phenoxy) is 2. The first kappa shape index (κ1) is 16.8. The molecule has 1 rings (SSSR count). The van der Waals surface area contributed by atoms with E-state index >= 15 is 0 Å². The minimum Gasteiger partial charge on any atom is -0.497 e. The van der Waals surface area contributed by atoms with Gasteiger partial charge in [-0.05, 0) is 19.1 Å². The topological polar surface area (TPSA) is 105 Å². The molecule has 7 heteroatoms. The zero-order chi connectivity index (χ0) is 16.0. The molecule has 1 unspecified atom stereocenters. The highest BCUT2D eigenvalue weighted by Gasteiger charge is 2.25. The highest BCUT2D eigenvalue weighted by molar-refractivity contribution is 5.97. The molecule has 0 bridgehead atoms. The van der Waals surface area contributed by atoms with Crippen LogP contribution in [0.15, 0.2) is 18.2 Å². The summed E-state index contributed by atoms with van der Waals surface area (Å²) in [5.41, 5.74) is -1.26. The molecule has 0 radical (unpaired) electrons. The Bertz CT molecular complexity index is 526. The molecule has 0 spiro atoms. The smallest absolute Gasteiger partial charge is 0.306 e. The largest absolute Gasteiger partial charge is 0.497 e. The van der Waals surface area contributed by atoms with E-state index in [2.05, 4.69) is 5.32 Å². The molecule has 116 valence electrons. The second kappa shape index (κ2) is 6.94. The van der Waals surface area contributed by atoms with Crippen LogP contribution in [-0.2, 0) is 4.79 Å². The standard InChI is InChI=1S/C14H19NO6/c1-14(19,7-12(16)17)8-15-13(18)10-5-4-9(20-2)6-11(10)21-3/h4-6,19H,7-8H2,1-3H3,(H,15,18)(H,16,17). The van der Waals surface area contributed by atoms with Gasteiger partial charge in [0.15, 0.2) is 0 Å². The number of carbonyl (C=O) groups is 2. The van der Waals surface area contributed by atoms with Crippen LogP contribution in [0.1, 0.15) is 23.7 Å². The lowest BCUT2D eigenvalue weighted by molar-refractivity contribution is -0.141. The Hall–Kier alpha value is -2.28. The van der Waals surface area contributed by atoms with Gasteiger partial charge in [0.05, 0.1) is 31.8 Å². The van der Waals surface area contributed by atoms with E-state index in [1.807, 2.05) is 0 Å². The predicted octanol–water partition coefficient (Wildman–Crippen LogP) is 0.659. The number of nitrogens with one attached hydrogen (secondary N) is 1. The summed E-state index contributed by atoms with van der Waals surface area (Å²) >= 11 is 0. The molecule has 1 aromatic carbocycles. The minimum absolute atomic E-state index is 0.187. The van der Waals surface area contributed by atoms with Gasteiger partial charge in [0.25, 0.3) is 5.91 Å². The van der Waals surface area contributed by atoms with Crippen LogP contribution < -0.4 is 14.8 Å². The van der Waals surface area contributed by atoms with Crippen molar-refractivity contribution in [3.05, 3.63) is 23.8 Å². The van der Waals surface area contributed by atoms with Crippen LogP contribution in [0, 0.1) is 0 Å². The van der Waals surface area contributed by atoms with E-state index in [4.69, 9.17) is 14.6 Å². The first-order valence-electron chi connectivity index (χ1n) is 6.23. The molecule has 0 saturated carbocycles. The quantitative estimate of drug-likeness (QED) is 0.683. The molecule has 0 aromatic heterocycles. The van der Waals surface area contributed by atoms with Crippen molar-refractivity contribution in [1.29, 1.82) is 0 Å². The van der Waals surface area contributed by atoms with Gasteiger partial charge in [0.2, 0.25) is 0 Å². The molecule has 0 aliphatic rings. The van der Waals surface area contributed by atoms with Crippen LogP contribution in [-0.4, -0.2) is 48.5 Å². The second-order valence-electron chi connectivity index (χ2n) is 4.82. The van der Waals surface area contributed by atoms with Gasteiger partial charge in [-0.3, -0.25) is 9.59 Å². The van der Waals surface area contributed by atoms with Gasteiger partial charge in [-0.2, -0.15) is 0 Å². The van der Waals surface area contributed by atoms with E-state index in [9.17, 15) is 14.7 Å². The number of hydrogen-bond donors (Lipinski definition) is 3. The van der Waals surface area contributed by atoms with Crippen molar-refractivity contribution in [3.8, 4) is 11.5 Å². The molecule has 1 atom stereocenters. The molecule has 0 aliphatic heterocycles. The average Bonchev–Trinajstić information content (AvgIpc) is 2.42. The first-order valence-corrected chi connectivity index (χ1v) is 6.23. The Labute approximate surface area is 122 Å². The maximum atomic E-state index is 12.1. The monoisotopic (exact) mass is 297 g/mol. The molecule has 1 amide bonds. The SMILES string of the molecule is COc1ccc(C(=O)NCC(C)(O)CC(=O)O)c(OC)c1. The van der Waals surface area contributed by atoms with Crippen LogP contribution in [0.5, 0.6) is 11.5 Å². The normalized spacial score (nSPS) is 13.1. The van der Waals surface area contributed by atoms with Gasteiger partial charge in [0, 0.05) is 12.6 Å². The fraction of sp³-hybridized carbons (Fsp3) is 0.429. The number of carbonyl (C=O) groups excluding carboxylic acids is 1. The molecule has 0 fully saturated rings. The average molecular weight is 297 g/mol. The maximum absolute atomic E-state index is 12.1. The summed E-state index contributed by atoms with van der Waals surface area (Å²) in [5.74, 6) is -0.748. The number of aliphatic hydroxyl groups is 1. The van der Waals surface area contributed by atoms with Crippen molar-refractivity contribution in [2.24, 2.45) is 0 Å². The second-order valence-corrected chi connectivity index (χ2v) is 4.82. The molecular weight excluding hydrogens is 278 g/mol. The lowest BCUT2D eigenvalue weighted by atomic mass is 10.0. The van der Waals surface area contributed by atoms with Crippen molar-refractivity contribution in [1.82, 2.24) is 5.32 Å². The van der Waals surface area contributed by atoms with E-state index in [-0.39, 0.29) is 12.1 Å². The van der Waals surface area contributed by atoms with Crippen LogP contribution in [0.25, 0.3) is 0 Å². The third kappa shape index (κ3) is 4.96. The fourth-order valence-electron chi connectivity index (χ4n) is 1.74. The van der Waals surface area contributed by atoms with Gasteiger partial charge < -0.3 is 25.0 Å². The number of rotatable bonds is 7. The van der Waals surface area contributed by atoms with Gasteiger partial charge >= 0.3 is 5.97 Å². The highest BCUT2D eigenvalue weighted by atomic mass is 16.5. The molecule has 0 aliphatic carbocycles. The number of benzene rings is 1. The van der Waals surface area contributed by atoms with E-state index in [0.717, 1.165) is 0 Å². The number of carboxylic acid groups (broad SMARTS) is 1. The fourth-order valence-corrected chi connectivity index (χ4v) is 1.74. The van der Waals surface area contributed by atoms with E-state index in [1.165, 1.54) is 27.2 Å². The van der Waals surface area contributed by atoms with Crippen LogP contribution in [0.4, 0.5) is 0 Å². The molecule has 1 aromatic rings. The molecule has 7 nitrogen and oxygen atoms in total. The van der Waals surface area contributed by atoms with E-state index in [1.54, 1.807) is 12.1 Å². The molecule has 3 N–H and O–H groups in total. The van der Waals surface area contributed by atoms with Crippen molar-refractivity contribution in [2.75, 3.05) is 20.8 Å². The Morgan fingerprint density at radius 2 is 1.95 bits per heavy atom. The number of methoxy groups -OCH3 is 2. The van der Waals surface area contributed by atoms with Crippen molar-refractivity contribution in [2.45, 2.75) is 18.9 Å². The number of aliphatic carboxylic acids is 1. The Morgan fingerprint density at radius 3 is 2.48 bits per heavy atom. The van der Waals surface area contributed by atoms with Crippen molar-refractivity contribution < 1.29 is 29.3 Å². The minimum atomic E-state index is -1.53. The van der Waals surface area contributed by atoms with Gasteiger partial charge in [-0.15, -0.1) is 0 Å². The van der Waals surface area contributed by atoms with E-state index < -0.39 is 23.9 Å². The third-order valence-corrected chi connectivity index (χ3v) is 2.82. The Morgan fingerprint density at radius 1 is 1.29 bits per heavy atom. The Kier molecular flexibility index (Phi) is 5.54. The van der Waals surface area contributed by atoms with Crippen LogP contribution >= 0.6 is 0 Å². The van der Waals surface area contributed by atoms with Crippen LogP contribution in [0.2, 0.25) is 0 Å². The summed E-state index contributed by atoms with van der Waals surface area (Å²) < 4.78 is 10.1. The van der Waals surface area contributed by atoms with E-state index in [0.29, 0.717) is 11.5 Å². The van der Waals surface area contributed by atoms with Gasteiger partial charge in [0.1, 0.15) is 11.5 Å². The summed E-state index contributed by atoms with van der Waals surface area (Å²) in [4.78, 5) is 22.7. The number of carboxylic acids is 1.